The minimum absolute atomic E-state index is 0.135. The van der Waals surface area contributed by atoms with Gasteiger partial charge in [0.15, 0.2) is 0 Å². The molecule has 0 aromatic heterocycles. The first kappa shape index (κ1) is 27.6. The Morgan fingerprint density at radius 3 is 2.16 bits per heavy atom. The number of amides is 1. The van der Waals surface area contributed by atoms with Crippen LogP contribution < -0.4 is 14.8 Å². The predicted octanol–water partition coefficient (Wildman–Crippen LogP) is 3.70. The molecule has 9 nitrogen and oxygen atoms in total. The van der Waals surface area contributed by atoms with Crippen LogP contribution in [0, 0.1) is 13.8 Å². The van der Waals surface area contributed by atoms with Crippen LogP contribution in [0.2, 0.25) is 0 Å². The van der Waals surface area contributed by atoms with E-state index in [-0.39, 0.29) is 28.8 Å². The topological polar surface area (TPSA) is 122 Å². The first-order valence-corrected chi connectivity index (χ1v) is 15.2. The number of aryl methyl sites for hydroxylation is 1. The molecule has 1 saturated heterocycles. The number of rotatable bonds is 10. The molecule has 1 fully saturated rings. The first-order chi connectivity index (χ1) is 18.1. The van der Waals surface area contributed by atoms with E-state index in [0.29, 0.717) is 35.7 Å². The molecule has 0 saturated carbocycles. The zero-order chi connectivity index (χ0) is 27.3. The Bertz CT molecular complexity index is 1500. The molecule has 1 amide bonds. The van der Waals surface area contributed by atoms with Crippen LogP contribution in [0.25, 0.3) is 0 Å². The maximum absolute atomic E-state index is 12.8. The average Bonchev–Trinajstić information content (AvgIpc) is 3.44. The largest absolute Gasteiger partial charge is 0.492 e. The van der Waals surface area contributed by atoms with Crippen molar-refractivity contribution in [2.24, 2.45) is 0 Å². The van der Waals surface area contributed by atoms with Gasteiger partial charge in [0.25, 0.3) is 15.9 Å². The Balaban J connectivity index is 1.32. The summed E-state index contributed by atoms with van der Waals surface area (Å²) >= 11 is 0. The molecule has 3 aromatic rings. The average molecular weight is 558 g/mol. The van der Waals surface area contributed by atoms with Gasteiger partial charge in [-0.05, 0) is 80.8 Å². The van der Waals surface area contributed by atoms with Gasteiger partial charge in [-0.25, -0.2) is 16.8 Å². The van der Waals surface area contributed by atoms with Gasteiger partial charge in [0.1, 0.15) is 12.4 Å². The number of nitrogens with zero attached hydrogens (tertiary/aromatic N) is 1. The van der Waals surface area contributed by atoms with Gasteiger partial charge in [0.2, 0.25) is 10.0 Å². The highest BCUT2D eigenvalue weighted by molar-refractivity contribution is 7.92. The van der Waals surface area contributed by atoms with Crippen LogP contribution in [0.5, 0.6) is 5.75 Å². The maximum atomic E-state index is 12.8. The Hall–Kier alpha value is -3.41. The third-order valence-electron chi connectivity index (χ3n) is 6.34. The summed E-state index contributed by atoms with van der Waals surface area (Å²) in [5.74, 6) is 0.123. The summed E-state index contributed by atoms with van der Waals surface area (Å²) in [5, 5.41) is 2.77. The maximum Gasteiger partial charge on any atom is 0.261 e. The molecule has 2 N–H and O–H groups in total. The van der Waals surface area contributed by atoms with Gasteiger partial charge in [-0.15, -0.1) is 0 Å². The monoisotopic (exact) mass is 557 g/mol. The quantitative estimate of drug-likeness (QED) is 0.367. The molecule has 0 bridgehead atoms. The number of ether oxygens (including phenoxy) is 1. The van der Waals surface area contributed by atoms with Crippen molar-refractivity contribution in [3.8, 4) is 5.75 Å². The number of carbonyl (C=O) groups excluding carboxylic acids is 1. The summed E-state index contributed by atoms with van der Waals surface area (Å²) in [5.41, 5.74) is 2.10. The van der Waals surface area contributed by atoms with Gasteiger partial charge in [0, 0.05) is 18.7 Å². The van der Waals surface area contributed by atoms with Crippen molar-refractivity contribution in [1.29, 1.82) is 0 Å². The highest BCUT2D eigenvalue weighted by Crippen LogP contribution is 2.24. The number of nitrogens with one attached hydrogen (secondary N) is 2. The zero-order valence-corrected chi connectivity index (χ0v) is 22.9. The number of benzene rings is 3. The molecule has 0 aliphatic carbocycles. The van der Waals surface area contributed by atoms with Gasteiger partial charge < -0.3 is 10.1 Å². The molecule has 38 heavy (non-hydrogen) atoms. The number of hydrogen-bond donors (Lipinski definition) is 2. The Labute approximate surface area is 223 Å². The van der Waals surface area contributed by atoms with Crippen LogP contribution in [0.4, 0.5) is 5.69 Å². The van der Waals surface area contributed by atoms with E-state index in [0.717, 1.165) is 18.4 Å². The molecule has 1 aliphatic rings. The normalized spacial score (nSPS) is 14.3. The van der Waals surface area contributed by atoms with Gasteiger partial charge in [-0.2, -0.15) is 4.31 Å². The fourth-order valence-electron chi connectivity index (χ4n) is 4.13. The van der Waals surface area contributed by atoms with E-state index in [1.807, 2.05) is 6.92 Å². The summed E-state index contributed by atoms with van der Waals surface area (Å²) in [4.78, 5) is 13.1. The predicted molar refractivity (Wildman–Crippen MR) is 145 cm³/mol. The van der Waals surface area contributed by atoms with Crippen LogP contribution in [0.3, 0.4) is 0 Å². The van der Waals surface area contributed by atoms with Crippen molar-refractivity contribution >= 4 is 31.6 Å². The lowest BCUT2D eigenvalue weighted by molar-refractivity contribution is 0.0946. The second-order valence-corrected chi connectivity index (χ2v) is 12.7. The lowest BCUT2D eigenvalue weighted by Gasteiger charge is -2.16. The Kier molecular flexibility index (Phi) is 8.39. The van der Waals surface area contributed by atoms with Crippen LogP contribution in [0.1, 0.15) is 34.3 Å². The lowest BCUT2D eigenvalue weighted by atomic mass is 10.1. The zero-order valence-electron chi connectivity index (χ0n) is 21.3. The van der Waals surface area contributed by atoms with E-state index in [1.165, 1.54) is 28.6 Å². The number of sulfonamides is 2. The Morgan fingerprint density at radius 2 is 1.50 bits per heavy atom. The van der Waals surface area contributed by atoms with Gasteiger partial charge in [-0.3, -0.25) is 9.52 Å². The fraction of sp³-hybridized carbons (Fsp3) is 0.296. The summed E-state index contributed by atoms with van der Waals surface area (Å²) < 4.78 is 60.5. The standard InChI is InChI=1S/C27H31N3O6S2/c1-20-8-12-23(13-9-20)37(32,33)29-26-7-5-6-25(21(26)2)27(31)28-16-19-36-22-10-14-24(15-11-22)38(34,35)30-17-3-4-18-30/h5-15,29H,3-4,16-19H2,1-2H3,(H,28,31). The highest BCUT2D eigenvalue weighted by atomic mass is 32.2. The van der Waals surface area contributed by atoms with Crippen molar-refractivity contribution in [1.82, 2.24) is 9.62 Å². The molecular formula is C27H31N3O6S2. The van der Waals surface area contributed by atoms with E-state index in [9.17, 15) is 21.6 Å². The molecule has 3 aromatic carbocycles. The SMILES string of the molecule is Cc1ccc(S(=O)(=O)Nc2cccc(C(=O)NCCOc3ccc(S(=O)(=O)N4CCCC4)cc3)c2C)cc1. The molecule has 202 valence electrons. The molecule has 0 radical (unpaired) electrons. The summed E-state index contributed by atoms with van der Waals surface area (Å²) in [6.45, 7) is 5.01. The minimum atomic E-state index is -3.81. The molecule has 1 aliphatic heterocycles. The molecule has 11 heteroatoms. The van der Waals surface area contributed by atoms with E-state index in [1.54, 1.807) is 49.4 Å². The van der Waals surface area contributed by atoms with E-state index in [2.05, 4.69) is 10.0 Å². The first-order valence-electron chi connectivity index (χ1n) is 12.3. The summed E-state index contributed by atoms with van der Waals surface area (Å²) in [6.07, 6.45) is 1.75. The van der Waals surface area contributed by atoms with E-state index < -0.39 is 20.0 Å². The molecule has 0 unspecified atom stereocenters. The van der Waals surface area contributed by atoms with E-state index >= 15 is 0 Å². The molecular weight excluding hydrogens is 526 g/mol. The summed E-state index contributed by atoms with van der Waals surface area (Å²) in [7, 11) is -7.29. The van der Waals surface area contributed by atoms with Gasteiger partial charge in [0.05, 0.1) is 22.0 Å². The fourth-order valence-corrected chi connectivity index (χ4v) is 6.77. The van der Waals surface area contributed by atoms with Gasteiger partial charge in [-0.1, -0.05) is 23.8 Å². The molecule has 0 atom stereocenters. The van der Waals surface area contributed by atoms with Crippen molar-refractivity contribution in [3.63, 3.8) is 0 Å². The summed E-state index contributed by atoms with van der Waals surface area (Å²) in [6, 6.07) is 17.6. The number of hydrogen-bond acceptors (Lipinski definition) is 6. The van der Waals surface area contributed by atoms with Crippen LogP contribution >= 0.6 is 0 Å². The van der Waals surface area contributed by atoms with Gasteiger partial charge >= 0.3 is 0 Å². The Morgan fingerprint density at radius 1 is 0.868 bits per heavy atom. The highest BCUT2D eigenvalue weighted by Gasteiger charge is 2.27. The van der Waals surface area contributed by atoms with Crippen molar-refractivity contribution in [3.05, 3.63) is 83.4 Å². The molecule has 1 heterocycles. The third kappa shape index (κ3) is 6.35. The van der Waals surface area contributed by atoms with Crippen LogP contribution in [-0.2, 0) is 20.0 Å². The second-order valence-electron chi connectivity index (χ2n) is 9.08. The van der Waals surface area contributed by atoms with Crippen molar-refractivity contribution in [2.45, 2.75) is 36.5 Å². The second kappa shape index (κ2) is 11.5. The van der Waals surface area contributed by atoms with Crippen LogP contribution in [-0.4, -0.2) is 53.3 Å². The minimum Gasteiger partial charge on any atom is -0.492 e. The number of anilines is 1. The van der Waals surface area contributed by atoms with Crippen molar-refractivity contribution < 1.29 is 26.4 Å². The third-order valence-corrected chi connectivity index (χ3v) is 9.63. The number of carbonyl (C=O) groups is 1. The van der Waals surface area contributed by atoms with E-state index in [4.69, 9.17) is 4.74 Å². The van der Waals surface area contributed by atoms with Crippen molar-refractivity contribution in [2.75, 3.05) is 31.0 Å². The smallest absolute Gasteiger partial charge is 0.261 e. The molecule has 0 spiro atoms. The molecule has 4 rings (SSSR count). The van der Waals surface area contributed by atoms with Crippen LogP contribution in [0.15, 0.2) is 76.5 Å². The lowest BCUT2D eigenvalue weighted by Crippen LogP contribution is -2.29.